The van der Waals surface area contributed by atoms with Crippen molar-refractivity contribution in [1.82, 2.24) is 0 Å². The summed E-state index contributed by atoms with van der Waals surface area (Å²) < 4.78 is 6.48. The van der Waals surface area contributed by atoms with Gasteiger partial charge in [0.05, 0.1) is 5.69 Å². The van der Waals surface area contributed by atoms with Gasteiger partial charge in [0, 0.05) is 39.2 Å². The molecule has 1 aliphatic rings. The molecule has 0 spiro atoms. The Bertz CT molecular complexity index is 2650. The molecule has 52 heavy (non-hydrogen) atoms. The van der Waals surface area contributed by atoms with Crippen molar-refractivity contribution in [2.75, 3.05) is 4.90 Å². The van der Waals surface area contributed by atoms with E-state index in [0.717, 1.165) is 39.0 Å². The van der Waals surface area contributed by atoms with Crippen molar-refractivity contribution in [3.63, 3.8) is 0 Å². The van der Waals surface area contributed by atoms with Gasteiger partial charge in [-0.15, -0.1) is 0 Å². The number of benzene rings is 7. The predicted octanol–water partition coefficient (Wildman–Crippen LogP) is 14.3. The van der Waals surface area contributed by atoms with Gasteiger partial charge in [0.15, 0.2) is 0 Å². The molecule has 0 radical (unpaired) electrons. The van der Waals surface area contributed by atoms with E-state index in [4.69, 9.17) is 4.42 Å². The Balaban J connectivity index is 1.28. The largest absolute Gasteiger partial charge is 0.456 e. The molecule has 0 aliphatic heterocycles. The summed E-state index contributed by atoms with van der Waals surface area (Å²) in [4.78, 5) is 2.43. The van der Waals surface area contributed by atoms with Crippen molar-refractivity contribution in [3.05, 3.63) is 174 Å². The summed E-state index contributed by atoms with van der Waals surface area (Å²) in [7, 11) is 0. The highest BCUT2D eigenvalue weighted by Gasteiger charge is 2.36. The number of aryl methyl sites for hydroxylation is 1. The van der Waals surface area contributed by atoms with E-state index in [2.05, 4.69) is 192 Å². The quantitative estimate of drug-likeness (QED) is 0.181. The molecule has 0 bridgehead atoms. The maximum atomic E-state index is 6.48. The smallest absolute Gasteiger partial charge is 0.137 e. The number of hydrogen-bond acceptors (Lipinski definition) is 2. The van der Waals surface area contributed by atoms with Gasteiger partial charge in [0.2, 0.25) is 0 Å². The van der Waals surface area contributed by atoms with E-state index in [-0.39, 0.29) is 10.8 Å². The van der Waals surface area contributed by atoms with E-state index in [1.807, 2.05) is 6.07 Å². The Morgan fingerprint density at radius 1 is 0.500 bits per heavy atom. The van der Waals surface area contributed by atoms with E-state index < -0.39 is 0 Å². The lowest BCUT2D eigenvalue weighted by Crippen LogP contribution is -2.17. The third-order valence-electron chi connectivity index (χ3n) is 11.2. The maximum Gasteiger partial charge on any atom is 0.137 e. The molecule has 254 valence electrons. The molecule has 2 heteroatoms. The van der Waals surface area contributed by atoms with E-state index in [1.165, 1.54) is 55.6 Å². The van der Waals surface area contributed by atoms with Crippen LogP contribution in [0.25, 0.3) is 55.3 Å². The second kappa shape index (κ2) is 11.9. The van der Waals surface area contributed by atoms with Crippen LogP contribution in [0.3, 0.4) is 0 Å². The Labute approximate surface area is 307 Å². The van der Waals surface area contributed by atoms with Crippen LogP contribution >= 0.6 is 0 Å². The maximum absolute atomic E-state index is 6.48. The molecule has 0 fully saturated rings. The fraction of sp³-hybridized carbons (Fsp3) is 0.160. The van der Waals surface area contributed by atoms with Gasteiger partial charge in [-0.2, -0.15) is 0 Å². The molecule has 7 aromatic carbocycles. The first-order chi connectivity index (χ1) is 25.1. The number of anilines is 3. The lowest BCUT2D eigenvalue weighted by molar-refractivity contribution is 0.590. The number of nitrogens with zero attached hydrogens (tertiary/aromatic N) is 1. The van der Waals surface area contributed by atoms with Gasteiger partial charge in [-0.1, -0.05) is 138 Å². The predicted molar refractivity (Wildman–Crippen MR) is 220 cm³/mol. The van der Waals surface area contributed by atoms with Crippen LogP contribution in [-0.4, -0.2) is 0 Å². The minimum atomic E-state index is -0.127. The third kappa shape index (κ3) is 5.16. The van der Waals surface area contributed by atoms with Crippen LogP contribution in [0.4, 0.5) is 17.1 Å². The van der Waals surface area contributed by atoms with Gasteiger partial charge in [-0.25, -0.2) is 0 Å². The molecule has 9 rings (SSSR count). The van der Waals surface area contributed by atoms with Gasteiger partial charge < -0.3 is 9.32 Å². The van der Waals surface area contributed by atoms with Gasteiger partial charge in [-0.05, 0) is 105 Å². The Hall–Kier alpha value is -5.86. The zero-order chi connectivity index (χ0) is 35.8. The summed E-state index contributed by atoms with van der Waals surface area (Å²) in [5, 5.41) is 2.26. The van der Waals surface area contributed by atoms with Crippen LogP contribution < -0.4 is 4.90 Å². The minimum absolute atomic E-state index is 0.0991. The van der Waals surface area contributed by atoms with Crippen LogP contribution in [0.1, 0.15) is 56.9 Å². The SMILES string of the molecule is Cc1ccccc1-c1cc(-c2ccc(C(C)(C)C)cc2)ccc1N(c1ccc2c(c1)C(C)(C)c1ccccc1-2)c1ccc2c(c1)oc1ccccc12. The highest BCUT2D eigenvalue weighted by atomic mass is 16.3. The summed E-state index contributed by atoms with van der Waals surface area (Å²) in [6, 6.07) is 55.7. The number of fused-ring (bicyclic) bond motifs is 6. The van der Waals surface area contributed by atoms with Gasteiger partial charge in [0.25, 0.3) is 0 Å². The van der Waals surface area contributed by atoms with E-state index in [1.54, 1.807) is 0 Å². The van der Waals surface area contributed by atoms with Crippen molar-refractivity contribution >= 4 is 39.0 Å². The molecule has 2 nitrogen and oxygen atoms in total. The molecule has 0 saturated carbocycles. The molecule has 0 unspecified atom stereocenters. The summed E-state index contributed by atoms with van der Waals surface area (Å²) >= 11 is 0. The van der Waals surface area contributed by atoms with Crippen molar-refractivity contribution < 1.29 is 4.42 Å². The van der Waals surface area contributed by atoms with Crippen molar-refractivity contribution in [1.29, 1.82) is 0 Å². The van der Waals surface area contributed by atoms with Crippen LogP contribution in [-0.2, 0) is 10.8 Å². The van der Waals surface area contributed by atoms with Crippen LogP contribution in [0.15, 0.2) is 156 Å². The van der Waals surface area contributed by atoms with Crippen molar-refractivity contribution in [2.24, 2.45) is 0 Å². The lowest BCUT2D eigenvalue weighted by Gasteiger charge is -2.30. The zero-order valence-corrected chi connectivity index (χ0v) is 30.8. The lowest BCUT2D eigenvalue weighted by atomic mass is 9.82. The van der Waals surface area contributed by atoms with Gasteiger partial charge in [-0.3, -0.25) is 0 Å². The van der Waals surface area contributed by atoms with Gasteiger partial charge >= 0.3 is 0 Å². The standard InChI is InChI=1S/C50H43NO/c1-32-13-7-8-14-38(32)43-29-34(33-19-22-35(23-20-33)49(2,3)4)21-28-46(43)51(37-25-27-42-41-16-10-12-18-47(41)52-48(42)31-37)36-24-26-40-39-15-9-11-17-44(39)50(5,6)45(40)30-36/h7-31H,1-6H3. The average molecular weight is 674 g/mol. The third-order valence-corrected chi connectivity index (χ3v) is 11.2. The van der Waals surface area contributed by atoms with Crippen molar-refractivity contribution in [2.45, 2.75) is 52.4 Å². The Kier molecular flexibility index (Phi) is 7.31. The molecular formula is C50H43NO. The zero-order valence-electron chi connectivity index (χ0n) is 30.8. The number of para-hydroxylation sites is 1. The Morgan fingerprint density at radius 2 is 1.13 bits per heavy atom. The van der Waals surface area contributed by atoms with E-state index >= 15 is 0 Å². The first-order valence-electron chi connectivity index (χ1n) is 18.3. The van der Waals surface area contributed by atoms with Crippen LogP contribution in [0.5, 0.6) is 0 Å². The van der Waals surface area contributed by atoms with E-state index in [0.29, 0.717) is 0 Å². The fourth-order valence-electron chi connectivity index (χ4n) is 8.28. The monoisotopic (exact) mass is 673 g/mol. The molecule has 8 aromatic rings. The molecule has 0 saturated heterocycles. The molecule has 0 N–H and O–H groups in total. The highest BCUT2D eigenvalue weighted by Crippen LogP contribution is 2.52. The van der Waals surface area contributed by atoms with Crippen molar-refractivity contribution in [3.8, 4) is 33.4 Å². The Morgan fingerprint density at radius 3 is 1.92 bits per heavy atom. The fourth-order valence-corrected chi connectivity index (χ4v) is 8.28. The normalized spacial score (nSPS) is 13.3. The number of hydrogen-bond donors (Lipinski definition) is 0. The summed E-state index contributed by atoms with van der Waals surface area (Å²) in [6.07, 6.45) is 0. The summed E-state index contributed by atoms with van der Waals surface area (Å²) in [5.41, 5.74) is 17.8. The topological polar surface area (TPSA) is 16.4 Å². The molecular weight excluding hydrogens is 631 g/mol. The number of furan rings is 1. The number of rotatable bonds is 5. The summed E-state index contributed by atoms with van der Waals surface area (Å²) in [6.45, 7) is 13.7. The first-order valence-corrected chi connectivity index (χ1v) is 18.3. The molecule has 1 aromatic heterocycles. The molecule has 0 atom stereocenters. The van der Waals surface area contributed by atoms with Crippen LogP contribution in [0.2, 0.25) is 0 Å². The van der Waals surface area contributed by atoms with E-state index in [9.17, 15) is 0 Å². The molecule has 1 heterocycles. The molecule has 1 aliphatic carbocycles. The molecule has 0 amide bonds. The van der Waals surface area contributed by atoms with Gasteiger partial charge in [0.1, 0.15) is 11.2 Å². The average Bonchev–Trinajstić information content (AvgIpc) is 3.63. The minimum Gasteiger partial charge on any atom is -0.456 e. The highest BCUT2D eigenvalue weighted by molar-refractivity contribution is 6.06. The second-order valence-electron chi connectivity index (χ2n) is 15.9. The second-order valence-corrected chi connectivity index (χ2v) is 15.9. The first kappa shape index (κ1) is 32.1. The summed E-state index contributed by atoms with van der Waals surface area (Å²) in [5.74, 6) is 0. The van der Waals surface area contributed by atoms with Crippen LogP contribution in [0, 0.1) is 6.92 Å².